The van der Waals surface area contributed by atoms with Crippen LogP contribution >= 0.6 is 0 Å². The van der Waals surface area contributed by atoms with Crippen LogP contribution in [0.15, 0.2) is 48.5 Å². The zero-order valence-corrected chi connectivity index (χ0v) is 16.7. The average molecular weight is 413 g/mol. The molecule has 0 aromatic heterocycles. The Morgan fingerprint density at radius 3 is 2.10 bits per heavy atom. The standard InChI is InChI=1S/C23H25F2N3O2/c24-18-6-8-20(9-7-18)26-22(30)28-14-12-27(13-15-28)21(29)23(10-1-2-11-23)17-4-3-5-19(25)16-17/h3-9,16H,1-2,10-15H2,(H,26,30). The van der Waals surface area contributed by atoms with E-state index in [0.717, 1.165) is 31.2 Å². The average Bonchev–Trinajstić information content (AvgIpc) is 3.26. The van der Waals surface area contributed by atoms with Crippen molar-refractivity contribution in [3.05, 3.63) is 65.7 Å². The largest absolute Gasteiger partial charge is 0.338 e. The van der Waals surface area contributed by atoms with Crippen molar-refractivity contribution in [1.29, 1.82) is 0 Å². The van der Waals surface area contributed by atoms with Gasteiger partial charge in [0, 0.05) is 31.9 Å². The summed E-state index contributed by atoms with van der Waals surface area (Å²) < 4.78 is 26.9. The highest BCUT2D eigenvalue weighted by atomic mass is 19.1. The molecule has 0 atom stereocenters. The fourth-order valence-corrected chi connectivity index (χ4v) is 4.54. The van der Waals surface area contributed by atoms with E-state index >= 15 is 0 Å². The van der Waals surface area contributed by atoms with Crippen LogP contribution in [0.3, 0.4) is 0 Å². The summed E-state index contributed by atoms with van der Waals surface area (Å²) in [5.41, 5.74) is 0.609. The minimum absolute atomic E-state index is 0.0317. The van der Waals surface area contributed by atoms with Crippen LogP contribution in [0.5, 0.6) is 0 Å². The number of hydrogen-bond donors (Lipinski definition) is 1. The van der Waals surface area contributed by atoms with Gasteiger partial charge in [0.15, 0.2) is 0 Å². The number of benzene rings is 2. The van der Waals surface area contributed by atoms with Crippen molar-refractivity contribution in [2.75, 3.05) is 31.5 Å². The molecular weight excluding hydrogens is 388 g/mol. The van der Waals surface area contributed by atoms with E-state index in [-0.39, 0.29) is 23.6 Å². The van der Waals surface area contributed by atoms with E-state index in [0.29, 0.717) is 31.9 Å². The number of piperazine rings is 1. The van der Waals surface area contributed by atoms with Crippen LogP contribution in [-0.4, -0.2) is 47.9 Å². The molecule has 5 nitrogen and oxygen atoms in total. The van der Waals surface area contributed by atoms with E-state index in [9.17, 15) is 18.4 Å². The lowest BCUT2D eigenvalue weighted by molar-refractivity contribution is -0.138. The van der Waals surface area contributed by atoms with Gasteiger partial charge >= 0.3 is 6.03 Å². The van der Waals surface area contributed by atoms with Crippen molar-refractivity contribution in [2.24, 2.45) is 0 Å². The second-order valence-electron chi connectivity index (χ2n) is 8.02. The van der Waals surface area contributed by atoms with E-state index in [4.69, 9.17) is 0 Å². The fraction of sp³-hybridized carbons (Fsp3) is 0.391. The number of hydrogen-bond acceptors (Lipinski definition) is 2. The first-order chi connectivity index (χ1) is 14.5. The Bertz CT molecular complexity index is 918. The molecular formula is C23H25F2N3O2. The summed E-state index contributed by atoms with van der Waals surface area (Å²) in [6, 6.07) is 11.7. The number of carbonyl (C=O) groups is 2. The monoisotopic (exact) mass is 413 g/mol. The molecule has 0 spiro atoms. The van der Waals surface area contributed by atoms with E-state index in [1.54, 1.807) is 15.9 Å². The van der Waals surface area contributed by atoms with Crippen LogP contribution in [0.4, 0.5) is 19.3 Å². The number of nitrogens with zero attached hydrogens (tertiary/aromatic N) is 2. The highest BCUT2D eigenvalue weighted by molar-refractivity contribution is 5.91. The predicted molar refractivity (Wildman–Crippen MR) is 110 cm³/mol. The maximum absolute atomic E-state index is 13.8. The second-order valence-corrected chi connectivity index (χ2v) is 8.02. The van der Waals surface area contributed by atoms with Gasteiger partial charge < -0.3 is 15.1 Å². The molecule has 2 aromatic rings. The Morgan fingerprint density at radius 1 is 0.833 bits per heavy atom. The number of amides is 3. The van der Waals surface area contributed by atoms with Crippen molar-refractivity contribution < 1.29 is 18.4 Å². The van der Waals surface area contributed by atoms with Gasteiger partial charge in [0.05, 0.1) is 5.41 Å². The number of carbonyl (C=O) groups excluding carboxylic acids is 2. The van der Waals surface area contributed by atoms with E-state index in [1.165, 1.54) is 36.4 Å². The molecule has 1 saturated heterocycles. The summed E-state index contributed by atoms with van der Waals surface area (Å²) in [6.45, 7) is 1.70. The topological polar surface area (TPSA) is 52.7 Å². The Labute approximate surface area is 174 Å². The quantitative estimate of drug-likeness (QED) is 0.822. The van der Waals surface area contributed by atoms with Gasteiger partial charge in [-0.2, -0.15) is 0 Å². The predicted octanol–water partition coefficient (Wildman–Crippen LogP) is 4.15. The number of halogens is 2. The summed E-state index contributed by atoms with van der Waals surface area (Å²) in [5.74, 6) is -0.655. The molecule has 4 rings (SSSR count). The van der Waals surface area contributed by atoms with Crippen LogP contribution in [0.2, 0.25) is 0 Å². The molecule has 30 heavy (non-hydrogen) atoms. The number of urea groups is 1. The molecule has 3 amide bonds. The maximum atomic E-state index is 13.8. The van der Waals surface area contributed by atoms with Gasteiger partial charge in [-0.3, -0.25) is 4.79 Å². The van der Waals surface area contributed by atoms with E-state index < -0.39 is 5.41 Å². The Kier molecular flexibility index (Phi) is 5.70. The van der Waals surface area contributed by atoms with E-state index in [2.05, 4.69) is 5.32 Å². The van der Waals surface area contributed by atoms with Crippen molar-refractivity contribution in [2.45, 2.75) is 31.1 Å². The molecule has 2 fully saturated rings. The molecule has 2 aromatic carbocycles. The molecule has 158 valence electrons. The normalized spacial score (nSPS) is 18.3. The minimum Gasteiger partial charge on any atom is -0.338 e. The van der Waals surface area contributed by atoms with E-state index in [1.807, 2.05) is 6.07 Å². The minimum atomic E-state index is -0.666. The smallest absolute Gasteiger partial charge is 0.321 e. The third-order valence-corrected chi connectivity index (χ3v) is 6.19. The van der Waals surface area contributed by atoms with Crippen molar-refractivity contribution in [3.63, 3.8) is 0 Å². The second kappa shape index (κ2) is 8.42. The molecule has 1 N–H and O–H groups in total. The third kappa shape index (κ3) is 4.01. The molecule has 1 aliphatic carbocycles. The van der Waals surface area contributed by atoms with Crippen LogP contribution in [0.25, 0.3) is 0 Å². The maximum Gasteiger partial charge on any atom is 0.321 e. The first-order valence-corrected chi connectivity index (χ1v) is 10.3. The Morgan fingerprint density at radius 2 is 1.47 bits per heavy atom. The van der Waals surface area contributed by atoms with Crippen LogP contribution in [0.1, 0.15) is 31.2 Å². The lowest BCUT2D eigenvalue weighted by atomic mass is 9.77. The molecule has 2 aliphatic rings. The summed E-state index contributed by atoms with van der Waals surface area (Å²) in [7, 11) is 0. The zero-order chi connectivity index (χ0) is 21.1. The van der Waals surface area contributed by atoms with Crippen LogP contribution in [0, 0.1) is 11.6 Å². The summed E-state index contributed by atoms with van der Waals surface area (Å²) >= 11 is 0. The Balaban J connectivity index is 1.41. The highest BCUT2D eigenvalue weighted by Crippen LogP contribution is 2.43. The summed E-state index contributed by atoms with van der Waals surface area (Å²) in [4.78, 5) is 29.4. The lowest BCUT2D eigenvalue weighted by Gasteiger charge is -2.40. The van der Waals surface area contributed by atoms with Crippen molar-refractivity contribution in [3.8, 4) is 0 Å². The summed E-state index contributed by atoms with van der Waals surface area (Å²) in [5, 5.41) is 2.75. The number of nitrogens with one attached hydrogen (secondary N) is 1. The van der Waals surface area contributed by atoms with Crippen molar-refractivity contribution in [1.82, 2.24) is 9.80 Å². The molecule has 1 heterocycles. The van der Waals surface area contributed by atoms with Gasteiger partial charge in [-0.05, 0) is 54.8 Å². The van der Waals surface area contributed by atoms with Gasteiger partial charge in [0.1, 0.15) is 11.6 Å². The SMILES string of the molecule is O=C(Nc1ccc(F)cc1)N1CCN(C(=O)C2(c3cccc(F)c3)CCCC2)CC1. The van der Waals surface area contributed by atoms with Gasteiger partial charge in [0.2, 0.25) is 5.91 Å². The van der Waals surface area contributed by atoms with Crippen molar-refractivity contribution >= 4 is 17.6 Å². The summed E-state index contributed by atoms with van der Waals surface area (Å²) in [6.07, 6.45) is 3.34. The van der Waals surface area contributed by atoms with Crippen LogP contribution < -0.4 is 5.32 Å². The first-order valence-electron chi connectivity index (χ1n) is 10.3. The molecule has 1 saturated carbocycles. The number of rotatable bonds is 3. The van der Waals surface area contributed by atoms with Gasteiger partial charge in [-0.1, -0.05) is 25.0 Å². The van der Waals surface area contributed by atoms with Gasteiger partial charge in [0.25, 0.3) is 0 Å². The molecule has 0 unspecified atom stereocenters. The Hall–Kier alpha value is -2.96. The van der Waals surface area contributed by atoms with Crippen LogP contribution in [-0.2, 0) is 10.2 Å². The highest BCUT2D eigenvalue weighted by Gasteiger charge is 2.45. The molecule has 0 bridgehead atoms. The lowest BCUT2D eigenvalue weighted by Crippen LogP contribution is -2.55. The fourth-order valence-electron chi connectivity index (χ4n) is 4.54. The first kappa shape index (κ1) is 20.3. The third-order valence-electron chi connectivity index (χ3n) is 6.19. The number of anilines is 1. The molecule has 7 heteroatoms. The molecule has 0 radical (unpaired) electrons. The van der Waals surface area contributed by atoms with Gasteiger partial charge in [-0.25, -0.2) is 13.6 Å². The molecule has 1 aliphatic heterocycles. The zero-order valence-electron chi connectivity index (χ0n) is 16.7. The van der Waals surface area contributed by atoms with Gasteiger partial charge in [-0.15, -0.1) is 0 Å².